The summed E-state index contributed by atoms with van der Waals surface area (Å²) in [7, 11) is 3.20. The van der Waals surface area contributed by atoms with Crippen LogP contribution in [0.15, 0.2) is 48.7 Å². The number of imidazole rings is 1. The summed E-state index contributed by atoms with van der Waals surface area (Å²) < 4.78 is 25.6. The zero-order valence-corrected chi connectivity index (χ0v) is 18.3. The Hall–Kier alpha value is -3.39. The molecule has 160 valence electrons. The maximum absolute atomic E-state index is 13.2. The van der Waals surface area contributed by atoms with Crippen molar-refractivity contribution in [3.8, 4) is 22.8 Å². The molecule has 2 heterocycles. The van der Waals surface area contributed by atoms with E-state index in [0.29, 0.717) is 29.3 Å². The number of fused-ring (bicyclic) bond motifs is 1. The van der Waals surface area contributed by atoms with Crippen LogP contribution < -0.4 is 14.8 Å². The summed E-state index contributed by atoms with van der Waals surface area (Å²) in [6.45, 7) is 2.39. The van der Waals surface area contributed by atoms with Crippen LogP contribution in [0.25, 0.3) is 16.2 Å². The summed E-state index contributed by atoms with van der Waals surface area (Å²) in [5.74, 6) is 0.927. The third-order valence-electron chi connectivity index (χ3n) is 5.05. The summed E-state index contributed by atoms with van der Waals surface area (Å²) in [5.41, 5.74) is 3.44. The highest BCUT2D eigenvalue weighted by molar-refractivity contribution is 7.19. The molecular weight excluding hydrogens is 417 g/mol. The number of nitrogens with zero attached hydrogens (tertiary/aromatic N) is 2. The van der Waals surface area contributed by atoms with Crippen LogP contribution in [0.3, 0.4) is 0 Å². The van der Waals surface area contributed by atoms with Gasteiger partial charge in [-0.2, -0.15) is 0 Å². The highest BCUT2D eigenvalue weighted by atomic mass is 32.1. The molecule has 2 aromatic heterocycles. The molecule has 0 aliphatic carbocycles. The van der Waals surface area contributed by atoms with Crippen molar-refractivity contribution < 1.29 is 18.7 Å². The highest BCUT2D eigenvalue weighted by Crippen LogP contribution is 2.28. The predicted octanol–water partition coefficient (Wildman–Crippen LogP) is 4.50. The Bertz CT molecular complexity index is 1230. The second-order valence-corrected chi connectivity index (χ2v) is 7.97. The first-order chi connectivity index (χ1) is 15.0. The van der Waals surface area contributed by atoms with Gasteiger partial charge in [0.2, 0.25) is 0 Å². The normalized spacial score (nSPS) is 11.0. The molecule has 31 heavy (non-hydrogen) atoms. The lowest BCUT2D eigenvalue weighted by Crippen LogP contribution is -2.25. The Morgan fingerprint density at radius 1 is 1.13 bits per heavy atom. The molecule has 4 aromatic rings. The van der Waals surface area contributed by atoms with Gasteiger partial charge in [-0.1, -0.05) is 17.4 Å². The molecule has 8 heteroatoms. The van der Waals surface area contributed by atoms with Gasteiger partial charge in [-0.3, -0.25) is 9.20 Å². The van der Waals surface area contributed by atoms with Gasteiger partial charge < -0.3 is 14.8 Å². The first kappa shape index (κ1) is 20.9. The lowest BCUT2D eigenvalue weighted by molar-refractivity contribution is 0.0957. The Labute approximate surface area is 183 Å². The molecule has 6 nitrogen and oxygen atoms in total. The van der Waals surface area contributed by atoms with Crippen molar-refractivity contribution >= 4 is 22.2 Å². The van der Waals surface area contributed by atoms with Crippen LogP contribution in [0.4, 0.5) is 4.39 Å². The van der Waals surface area contributed by atoms with Gasteiger partial charge in [0.15, 0.2) is 16.5 Å². The lowest BCUT2D eigenvalue weighted by Gasteiger charge is -2.10. The third-order valence-corrected chi connectivity index (χ3v) is 6.21. The number of hydrogen-bond donors (Lipinski definition) is 1. The van der Waals surface area contributed by atoms with Crippen molar-refractivity contribution in [3.63, 3.8) is 0 Å². The Balaban J connectivity index is 1.44. The van der Waals surface area contributed by atoms with E-state index in [0.717, 1.165) is 27.5 Å². The summed E-state index contributed by atoms with van der Waals surface area (Å²) >= 11 is 1.34. The van der Waals surface area contributed by atoms with Gasteiger partial charge in [0.1, 0.15) is 10.7 Å². The number of thiazole rings is 1. The molecule has 0 atom stereocenters. The zero-order chi connectivity index (χ0) is 22.0. The molecule has 0 saturated carbocycles. The monoisotopic (exact) mass is 439 g/mol. The fourth-order valence-corrected chi connectivity index (χ4v) is 4.38. The quantitative estimate of drug-likeness (QED) is 0.461. The van der Waals surface area contributed by atoms with Gasteiger partial charge in [0.05, 0.1) is 19.9 Å². The summed E-state index contributed by atoms with van der Waals surface area (Å²) in [6, 6.07) is 11.9. The minimum Gasteiger partial charge on any atom is -0.493 e. The molecule has 0 spiro atoms. The van der Waals surface area contributed by atoms with Crippen LogP contribution in [-0.2, 0) is 6.42 Å². The van der Waals surface area contributed by atoms with E-state index in [1.54, 1.807) is 26.4 Å². The van der Waals surface area contributed by atoms with Crippen LogP contribution >= 0.6 is 11.3 Å². The van der Waals surface area contributed by atoms with Gasteiger partial charge in [-0.05, 0) is 55.3 Å². The summed E-state index contributed by atoms with van der Waals surface area (Å²) in [4.78, 5) is 18.7. The smallest absolute Gasteiger partial charge is 0.263 e. The number of benzene rings is 2. The van der Waals surface area contributed by atoms with E-state index < -0.39 is 0 Å². The number of carbonyl (C=O) groups excluding carboxylic acids is 1. The number of aryl methyl sites for hydroxylation is 1. The predicted molar refractivity (Wildman–Crippen MR) is 119 cm³/mol. The number of aromatic nitrogens is 2. The lowest BCUT2D eigenvalue weighted by atomic mass is 10.1. The SMILES string of the molecule is COc1ccc(CCNC(=O)c2sc3nc(-c4ccc(F)cc4)cn3c2C)cc1OC. The van der Waals surface area contributed by atoms with Crippen molar-refractivity contribution in [1.29, 1.82) is 0 Å². The average Bonchev–Trinajstić information content (AvgIpc) is 3.33. The maximum Gasteiger partial charge on any atom is 0.263 e. The highest BCUT2D eigenvalue weighted by Gasteiger charge is 2.18. The van der Waals surface area contributed by atoms with E-state index in [4.69, 9.17) is 9.47 Å². The van der Waals surface area contributed by atoms with Crippen molar-refractivity contribution in [2.45, 2.75) is 13.3 Å². The number of nitrogens with one attached hydrogen (secondary N) is 1. The second-order valence-electron chi connectivity index (χ2n) is 7.00. The number of carbonyl (C=O) groups is 1. The summed E-state index contributed by atoms with van der Waals surface area (Å²) in [5, 5.41) is 2.97. The fourth-order valence-electron chi connectivity index (χ4n) is 3.36. The van der Waals surface area contributed by atoms with Crippen LogP contribution in [0, 0.1) is 12.7 Å². The molecule has 0 bridgehead atoms. The third kappa shape index (κ3) is 4.25. The number of amides is 1. The van der Waals surface area contributed by atoms with Crippen LogP contribution in [0.5, 0.6) is 11.5 Å². The van der Waals surface area contributed by atoms with Crippen LogP contribution in [0.1, 0.15) is 20.9 Å². The summed E-state index contributed by atoms with van der Waals surface area (Å²) in [6.07, 6.45) is 2.54. The number of halogens is 1. The molecular formula is C23H22FN3O3S. The van der Waals surface area contributed by atoms with Crippen molar-refractivity contribution in [2.24, 2.45) is 0 Å². The van der Waals surface area contributed by atoms with E-state index in [9.17, 15) is 9.18 Å². The van der Waals surface area contributed by atoms with E-state index in [1.807, 2.05) is 35.7 Å². The van der Waals surface area contributed by atoms with Crippen molar-refractivity contribution in [1.82, 2.24) is 14.7 Å². The Morgan fingerprint density at radius 2 is 1.87 bits per heavy atom. The molecule has 0 aliphatic rings. The molecule has 4 rings (SSSR count). The zero-order valence-electron chi connectivity index (χ0n) is 17.4. The minimum absolute atomic E-state index is 0.128. The molecule has 0 fully saturated rings. The first-order valence-electron chi connectivity index (χ1n) is 9.73. The topological polar surface area (TPSA) is 64.9 Å². The van der Waals surface area contributed by atoms with E-state index in [1.165, 1.54) is 23.5 Å². The number of hydrogen-bond acceptors (Lipinski definition) is 5. The number of methoxy groups -OCH3 is 2. The largest absolute Gasteiger partial charge is 0.493 e. The van der Waals surface area contributed by atoms with Crippen LogP contribution in [-0.4, -0.2) is 36.1 Å². The molecule has 0 radical (unpaired) electrons. The van der Waals surface area contributed by atoms with Gasteiger partial charge in [-0.15, -0.1) is 0 Å². The Morgan fingerprint density at radius 3 is 2.55 bits per heavy atom. The van der Waals surface area contributed by atoms with Gasteiger partial charge in [0.25, 0.3) is 5.91 Å². The molecule has 0 aliphatic heterocycles. The van der Waals surface area contributed by atoms with Crippen LogP contribution in [0.2, 0.25) is 0 Å². The Kier molecular flexibility index (Phi) is 5.90. The van der Waals surface area contributed by atoms with Gasteiger partial charge in [-0.25, -0.2) is 9.37 Å². The van der Waals surface area contributed by atoms with Crippen molar-refractivity contribution in [3.05, 3.63) is 70.6 Å². The van der Waals surface area contributed by atoms with E-state index in [-0.39, 0.29) is 11.7 Å². The molecule has 1 N–H and O–H groups in total. The maximum atomic E-state index is 13.2. The molecule has 2 aromatic carbocycles. The number of ether oxygens (including phenoxy) is 2. The standard InChI is InChI=1S/C23H22FN3O3S/c1-14-21(22(28)25-11-10-15-4-9-19(29-2)20(12-15)30-3)31-23-26-18(13-27(14)23)16-5-7-17(24)8-6-16/h4-9,12-13H,10-11H2,1-3H3,(H,25,28). The first-order valence-corrected chi connectivity index (χ1v) is 10.6. The van der Waals surface area contributed by atoms with E-state index >= 15 is 0 Å². The molecule has 1 amide bonds. The second kappa shape index (κ2) is 8.77. The minimum atomic E-state index is -0.284. The van der Waals surface area contributed by atoms with E-state index in [2.05, 4.69) is 10.3 Å². The van der Waals surface area contributed by atoms with Gasteiger partial charge in [0, 0.05) is 24.0 Å². The number of rotatable bonds is 7. The van der Waals surface area contributed by atoms with Gasteiger partial charge >= 0.3 is 0 Å². The van der Waals surface area contributed by atoms with Crippen molar-refractivity contribution in [2.75, 3.05) is 20.8 Å². The fraction of sp³-hybridized carbons (Fsp3) is 0.217. The molecule has 0 saturated heterocycles. The molecule has 0 unspecified atom stereocenters. The average molecular weight is 440 g/mol.